The first kappa shape index (κ1) is 17.0. The van der Waals surface area contributed by atoms with Gasteiger partial charge in [-0.3, -0.25) is 0 Å². The number of anilines is 1. The number of hydrogen-bond donors (Lipinski definition) is 1. The molecule has 0 atom stereocenters. The van der Waals surface area contributed by atoms with E-state index in [1.165, 1.54) is 6.26 Å². The minimum atomic E-state index is -3.29. The van der Waals surface area contributed by atoms with Gasteiger partial charge in [0, 0.05) is 12.8 Å². The van der Waals surface area contributed by atoms with Crippen LogP contribution in [0.4, 0.5) is 5.69 Å². The molecule has 0 bridgehead atoms. The Morgan fingerprint density at radius 2 is 1.70 bits per heavy atom. The first-order valence-electron chi connectivity index (χ1n) is 6.49. The van der Waals surface area contributed by atoms with Crippen LogP contribution in [0.25, 0.3) is 0 Å². The summed E-state index contributed by atoms with van der Waals surface area (Å²) < 4.78 is 46.3. The predicted molar refractivity (Wildman–Crippen MR) is 81.6 cm³/mol. The molecule has 114 valence electrons. The average Bonchev–Trinajstić information content (AvgIpc) is 2.34. The molecular formula is C13H21NO4S2. The van der Waals surface area contributed by atoms with Gasteiger partial charge in [-0.15, -0.1) is 0 Å². The molecule has 1 N–H and O–H groups in total. The van der Waals surface area contributed by atoms with E-state index in [4.69, 9.17) is 0 Å². The van der Waals surface area contributed by atoms with Crippen molar-refractivity contribution < 1.29 is 16.8 Å². The van der Waals surface area contributed by atoms with E-state index in [9.17, 15) is 16.8 Å². The van der Waals surface area contributed by atoms with Gasteiger partial charge in [-0.25, -0.2) is 16.8 Å². The number of nitrogens with one attached hydrogen (secondary N) is 1. The Balaban J connectivity index is 2.77. The topological polar surface area (TPSA) is 80.3 Å². The molecule has 1 aromatic carbocycles. The van der Waals surface area contributed by atoms with Gasteiger partial charge in [0.25, 0.3) is 0 Å². The van der Waals surface area contributed by atoms with E-state index >= 15 is 0 Å². The summed E-state index contributed by atoms with van der Waals surface area (Å²) in [6.45, 7) is 2.24. The Bertz CT molecular complexity index is 636. The molecule has 0 aromatic heterocycles. The van der Waals surface area contributed by atoms with Crippen molar-refractivity contribution >= 4 is 25.4 Å². The van der Waals surface area contributed by atoms with Gasteiger partial charge in [0.2, 0.25) is 0 Å². The fourth-order valence-corrected chi connectivity index (χ4v) is 4.01. The Hall–Kier alpha value is -1.08. The van der Waals surface area contributed by atoms with Crippen molar-refractivity contribution in [2.45, 2.75) is 24.7 Å². The maximum Gasteiger partial charge on any atom is 0.180 e. The molecule has 0 fully saturated rings. The lowest BCUT2D eigenvalue weighted by Crippen LogP contribution is -2.13. The summed E-state index contributed by atoms with van der Waals surface area (Å²) in [5.41, 5.74) is 0.537. The van der Waals surface area contributed by atoms with E-state index in [2.05, 4.69) is 5.32 Å². The molecule has 0 amide bonds. The smallest absolute Gasteiger partial charge is 0.180 e. The molecule has 20 heavy (non-hydrogen) atoms. The first-order chi connectivity index (χ1) is 9.26. The van der Waals surface area contributed by atoms with Crippen LogP contribution in [-0.2, 0) is 19.7 Å². The summed E-state index contributed by atoms with van der Waals surface area (Å²) >= 11 is 0. The molecular weight excluding hydrogens is 298 g/mol. The van der Waals surface area contributed by atoms with Gasteiger partial charge in [0.15, 0.2) is 9.84 Å². The highest BCUT2D eigenvalue weighted by Gasteiger charge is 2.17. The summed E-state index contributed by atoms with van der Waals surface area (Å²) in [5.74, 6) is 0.193. The normalized spacial score (nSPS) is 12.3. The highest BCUT2D eigenvalue weighted by molar-refractivity contribution is 7.91. The van der Waals surface area contributed by atoms with Crippen LogP contribution in [0, 0.1) is 0 Å². The highest BCUT2D eigenvalue weighted by atomic mass is 32.2. The molecule has 0 aliphatic rings. The molecule has 0 unspecified atom stereocenters. The lowest BCUT2D eigenvalue weighted by Gasteiger charge is -2.12. The van der Waals surface area contributed by atoms with Crippen LogP contribution in [0.2, 0.25) is 0 Å². The van der Waals surface area contributed by atoms with E-state index in [1.54, 1.807) is 24.3 Å². The van der Waals surface area contributed by atoms with Crippen LogP contribution in [0.5, 0.6) is 0 Å². The number of benzene rings is 1. The maximum atomic E-state index is 12.1. The second-order valence-electron chi connectivity index (χ2n) is 4.73. The van der Waals surface area contributed by atoms with Crippen LogP contribution in [-0.4, -0.2) is 41.1 Å². The molecule has 0 aliphatic heterocycles. The van der Waals surface area contributed by atoms with Crippen molar-refractivity contribution in [2.75, 3.05) is 29.6 Å². The van der Waals surface area contributed by atoms with Crippen molar-refractivity contribution in [3.05, 3.63) is 24.3 Å². The Labute approximate surface area is 121 Å². The van der Waals surface area contributed by atoms with E-state index < -0.39 is 19.7 Å². The first-order valence-corrected chi connectivity index (χ1v) is 10.2. The van der Waals surface area contributed by atoms with Gasteiger partial charge in [0.1, 0.15) is 9.84 Å². The Morgan fingerprint density at radius 1 is 1.05 bits per heavy atom. The summed E-state index contributed by atoms with van der Waals surface area (Å²) in [7, 11) is -6.27. The van der Waals surface area contributed by atoms with Gasteiger partial charge in [-0.05, 0) is 25.0 Å². The molecule has 5 nitrogen and oxygen atoms in total. The number of hydrogen-bond acceptors (Lipinski definition) is 5. The van der Waals surface area contributed by atoms with Gasteiger partial charge in [-0.2, -0.15) is 0 Å². The lowest BCUT2D eigenvalue weighted by atomic mass is 10.3. The van der Waals surface area contributed by atoms with Crippen LogP contribution in [0.1, 0.15) is 19.8 Å². The second-order valence-corrected chi connectivity index (χ2v) is 9.06. The third-order valence-electron chi connectivity index (χ3n) is 2.70. The number of para-hydroxylation sites is 1. The molecule has 0 saturated carbocycles. The number of rotatable bonds is 8. The molecule has 1 rings (SSSR count). The van der Waals surface area contributed by atoms with Crippen LogP contribution >= 0.6 is 0 Å². The zero-order valence-corrected chi connectivity index (χ0v) is 13.4. The summed E-state index contributed by atoms with van der Waals surface area (Å²) in [5, 5.41) is 3.01. The fraction of sp³-hybridized carbons (Fsp3) is 0.538. The third-order valence-corrected chi connectivity index (χ3v) is 5.70. The van der Waals surface area contributed by atoms with E-state index in [1.807, 2.05) is 6.92 Å². The van der Waals surface area contributed by atoms with Gasteiger partial charge >= 0.3 is 0 Å². The molecule has 0 aliphatic carbocycles. The summed E-state index contributed by atoms with van der Waals surface area (Å²) in [6.07, 6.45) is 2.19. The van der Waals surface area contributed by atoms with Crippen LogP contribution in [0.15, 0.2) is 29.2 Å². The lowest BCUT2D eigenvalue weighted by molar-refractivity contribution is 0.594. The zero-order valence-electron chi connectivity index (χ0n) is 11.8. The maximum absolute atomic E-state index is 12.1. The zero-order chi connectivity index (χ0) is 15.2. The van der Waals surface area contributed by atoms with Crippen molar-refractivity contribution in [1.82, 2.24) is 0 Å². The molecule has 1 aromatic rings. The van der Waals surface area contributed by atoms with Gasteiger partial charge in [0.05, 0.1) is 22.1 Å². The Morgan fingerprint density at radius 3 is 2.30 bits per heavy atom. The average molecular weight is 319 g/mol. The Kier molecular flexibility index (Phi) is 6.01. The minimum Gasteiger partial charge on any atom is -0.384 e. The minimum absolute atomic E-state index is 0.0872. The number of sulfone groups is 2. The fourth-order valence-electron chi connectivity index (χ4n) is 1.82. The standard InChI is InChI=1S/C13H21NO4S2/c1-3-10-20(17,18)13-8-5-4-7-12(13)14-9-6-11-19(2,15)16/h4-5,7-8,14H,3,6,9-11H2,1-2H3. The molecule has 7 heteroatoms. The van der Waals surface area contributed by atoms with Crippen molar-refractivity contribution in [1.29, 1.82) is 0 Å². The summed E-state index contributed by atoms with van der Waals surface area (Å²) in [6, 6.07) is 6.71. The van der Waals surface area contributed by atoms with Crippen molar-refractivity contribution in [3.8, 4) is 0 Å². The van der Waals surface area contributed by atoms with Gasteiger partial charge < -0.3 is 5.32 Å². The summed E-state index contributed by atoms with van der Waals surface area (Å²) in [4.78, 5) is 0.279. The third kappa shape index (κ3) is 5.50. The predicted octanol–water partition coefficient (Wildman–Crippen LogP) is 1.72. The molecule has 0 heterocycles. The van der Waals surface area contributed by atoms with Crippen LogP contribution < -0.4 is 5.32 Å². The van der Waals surface area contributed by atoms with E-state index in [0.29, 0.717) is 25.1 Å². The SMILES string of the molecule is CCCS(=O)(=O)c1ccccc1NCCCS(C)(=O)=O. The highest BCUT2D eigenvalue weighted by Crippen LogP contribution is 2.22. The van der Waals surface area contributed by atoms with Crippen LogP contribution in [0.3, 0.4) is 0 Å². The molecule has 0 spiro atoms. The quantitative estimate of drug-likeness (QED) is 0.738. The largest absolute Gasteiger partial charge is 0.384 e. The molecule has 0 radical (unpaired) electrons. The van der Waals surface area contributed by atoms with E-state index in [-0.39, 0.29) is 16.4 Å². The van der Waals surface area contributed by atoms with Gasteiger partial charge in [-0.1, -0.05) is 19.1 Å². The monoisotopic (exact) mass is 319 g/mol. The second kappa shape index (κ2) is 7.08. The molecule has 0 saturated heterocycles. The van der Waals surface area contributed by atoms with Crippen molar-refractivity contribution in [3.63, 3.8) is 0 Å². The van der Waals surface area contributed by atoms with Crippen molar-refractivity contribution in [2.24, 2.45) is 0 Å². The van der Waals surface area contributed by atoms with E-state index in [0.717, 1.165) is 0 Å².